The predicted octanol–water partition coefficient (Wildman–Crippen LogP) is 2.38. The van der Waals surface area contributed by atoms with E-state index in [-0.39, 0.29) is 16.6 Å². The fourth-order valence-corrected chi connectivity index (χ4v) is 3.99. The second-order valence-corrected chi connectivity index (χ2v) is 7.49. The molecule has 0 atom stereocenters. The van der Waals surface area contributed by atoms with Crippen molar-refractivity contribution in [3.05, 3.63) is 52.1 Å². The Morgan fingerprint density at radius 1 is 1.23 bits per heavy atom. The minimum Gasteiger partial charge on any atom is -0.352 e. The highest BCUT2D eigenvalue weighted by Crippen LogP contribution is 2.25. The number of rotatable bonds is 3. The molecule has 8 nitrogen and oxygen atoms in total. The number of nitriles is 1. The van der Waals surface area contributed by atoms with Crippen molar-refractivity contribution in [1.29, 1.82) is 5.26 Å². The molecule has 9 heteroatoms. The number of benzene rings is 1. The molecule has 3 aromatic heterocycles. The van der Waals surface area contributed by atoms with Gasteiger partial charge in [-0.2, -0.15) is 5.26 Å². The maximum atomic E-state index is 15.0. The summed E-state index contributed by atoms with van der Waals surface area (Å²) in [5.74, 6) is 0.150. The third-order valence-electron chi connectivity index (χ3n) is 5.61. The van der Waals surface area contributed by atoms with Crippen LogP contribution in [0.2, 0.25) is 0 Å². The van der Waals surface area contributed by atoms with Gasteiger partial charge in [0.05, 0.1) is 33.6 Å². The number of piperazine rings is 1. The number of anilines is 1. The normalized spacial score (nSPS) is 14.3. The van der Waals surface area contributed by atoms with Gasteiger partial charge in [-0.1, -0.05) is 0 Å². The zero-order valence-electron chi connectivity index (χ0n) is 16.9. The van der Waals surface area contributed by atoms with Gasteiger partial charge in [-0.3, -0.25) is 4.79 Å². The van der Waals surface area contributed by atoms with E-state index in [2.05, 4.69) is 26.3 Å². The second-order valence-electron chi connectivity index (χ2n) is 7.49. The third kappa shape index (κ3) is 3.21. The highest BCUT2D eigenvalue weighted by atomic mass is 19.1. The minimum atomic E-state index is -0.505. The van der Waals surface area contributed by atoms with E-state index >= 15 is 0 Å². The lowest BCUT2D eigenvalue weighted by atomic mass is 10.1. The molecule has 0 unspecified atom stereocenters. The number of hydrogen-bond acceptors (Lipinski definition) is 6. The van der Waals surface area contributed by atoms with Gasteiger partial charge in [-0.15, -0.1) is 0 Å². The Kier molecular flexibility index (Phi) is 4.64. The molecule has 4 aromatic rings. The molecule has 1 aliphatic rings. The summed E-state index contributed by atoms with van der Waals surface area (Å²) in [7, 11) is 0. The van der Waals surface area contributed by atoms with Crippen LogP contribution in [-0.4, -0.2) is 45.7 Å². The first-order valence-corrected chi connectivity index (χ1v) is 10.2. The summed E-state index contributed by atoms with van der Waals surface area (Å²) in [5, 5.41) is 12.6. The minimum absolute atomic E-state index is 0.217. The first-order chi connectivity index (χ1) is 15.1. The van der Waals surface area contributed by atoms with E-state index < -0.39 is 5.82 Å². The van der Waals surface area contributed by atoms with Crippen LogP contribution in [0.25, 0.3) is 33.5 Å². The van der Waals surface area contributed by atoms with Crippen molar-refractivity contribution >= 4 is 27.9 Å². The number of H-pyrrole nitrogens is 1. The summed E-state index contributed by atoms with van der Waals surface area (Å²) in [5.41, 5.74) is 2.26. The van der Waals surface area contributed by atoms with Gasteiger partial charge in [0.15, 0.2) is 11.6 Å². The molecule has 0 spiro atoms. The first-order valence-electron chi connectivity index (χ1n) is 10.2. The van der Waals surface area contributed by atoms with Crippen LogP contribution in [0.15, 0.2) is 35.3 Å². The summed E-state index contributed by atoms with van der Waals surface area (Å²) in [6.45, 7) is 5.35. The lowest BCUT2D eigenvalue weighted by molar-refractivity contribution is 0.559. The van der Waals surface area contributed by atoms with Crippen LogP contribution in [-0.2, 0) is 6.54 Å². The largest absolute Gasteiger partial charge is 0.352 e. The fourth-order valence-electron chi connectivity index (χ4n) is 3.99. The standard InChI is InChI=1S/C22H20FN7O/c1-2-29-12-15(20-26-17-4-3-13(11-24)9-18(17)27-20)19(31)14-10-16(23)22(28-21(14)29)30-7-5-25-6-8-30/h3-4,9-10,12,25H,2,5-8H2,1H3,(H,26,27). The van der Waals surface area contributed by atoms with Gasteiger partial charge in [0.1, 0.15) is 11.5 Å². The van der Waals surface area contributed by atoms with Crippen molar-refractivity contribution in [2.45, 2.75) is 13.5 Å². The number of aromatic nitrogens is 4. The molecule has 0 radical (unpaired) electrons. The van der Waals surface area contributed by atoms with Crippen molar-refractivity contribution in [2.75, 3.05) is 31.1 Å². The molecule has 5 rings (SSSR count). The van der Waals surface area contributed by atoms with Crippen LogP contribution in [0.1, 0.15) is 12.5 Å². The van der Waals surface area contributed by atoms with Crippen LogP contribution in [0.4, 0.5) is 10.2 Å². The Morgan fingerprint density at radius 2 is 2.03 bits per heavy atom. The van der Waals surface area contributed by atoms with Crippen LogP contribution < -0.4 is 15.6 Å². The highest BCUT2D eigenvalue weighted by molar-refractivity contribution is 5.85. The summed E-state index contributed by atoms with van der Waals surface area (Å²) >= 11 is 0. The van der Waals surface area contributed by atoms with Crippen molar-refractivity contribution in [2.24, 2.45) is 0 Å². The monoisotopic (exact) mass is 417 g/mol. The van der Waals surface area contributed by atoms with Crippen LogP contribution in [0.5, 0.6) is 0 Å². The Bertz CT molecular complexity index is 1410. The molecule has 1 fully saturated rings. The van der Waals surface area contributed by atoms with Crippen LogP contribution >= 0.6 is 0 Å². The number of aryl methyl sites for hydroxylation is 1. The maximum absolute atomic E-state index is 15.0. The summed E-state index contributed by atoms with van der Waals surface area (Å²) < 4.78 is 16.8. The van der Waals surface area contributed by atoms with E-state index in [9.17, 15) is 9.18 Å². The molecule has 1 saturated heterocycles. The molecule has 156 valence electrons. The number of nitrogens with zero attached hydrogens (tertiary/aromatic N) is 5. The molecule has 0 saturated carbocycles. The Hall–Kier alpha value is -3.77. The zero-order chi connectivity index (χ0) is 21.5. The van der Waals surface area contributed by atoms with Crippen molar-refractivity contribution < 1.29 is 4.39 Å². The number of hydrogen-bond donors (Lipinski definition) is 2. The molecule has 0 aliphatic carbocycles. The van der Waals surface area contributed by atoms with E-state index in [1.54, 1.807) is 24.4 Å². The highest BCUT2D eigenvalue weighted by Gasteiger charge is 2.21. The van der Waals surface area contributed by atoms with Gasteiger partial charge in [-0.05, 0) is 31.2 Å². The Morgan fingerprint density at radius 3 is 2.77 bits per heavy atom. The van der Waals surface area contributed by atoms with Gasteiger partial charge < -0.3 is 19.8 Å². The van der Waals surface area contributed by atoms with Crippen molar-refractivity contribution in [3.63, 3.8) is 0 Å². The summed E-state index contributed by atoms with van der Waals surface area (Å²) in [4.78, 5) is 27.4. The van der Waals surface area contributed by atoms with Crippen LogP contribution in [0, 0.1) is 17.1 Å². The molecule has 0 bridgehead atoms. The maximum Gasteiger partial charge on any atom is 0.202 e. The number of nitrogens with one attached hydrogen (secondary N) is 2. The number of imidazole rings is 1. The quantitative estimate of drug-likeness (QED) is 0.531. The number of pyridine rings is 2. The van der Waals surface area contributed by atoms with E-state index in [4.69, 9.17) is 5.26 Å². The number of aromatic amines is 1. The average molecular weight is 417 g/mol. The smallest absolute Gasteiger partial charge is 0.202 e. The SMILES string of the molecule is CCn1cc(-c2nc3ccc(C#N)cc3[nH]2)c(=O)c2cc(F)c(N3CCNCC3)nc21. The summed E-state index contributed by atoms with van der Waals surface area (Å²) in [6, 6.07) is 8.47. The summed E-state index contributed by atoms with van der Waals surface area (Å²) in [6.07, 6.45) is 1.71. The fraction of sp³-hybridized carbons (Fsp3) is 0.273. The van der Waals surface area contributed by atoms with Gasteiger partial charge in [0.25, 0.3) is 0 Å². The lowest BCUT2D eigenvalue weighted by Gasteiger charge is -2.29. The van der Waals surface area contributed by atoms with Crippen molar-refractivity contribution in [1.82, 2.24) is 24.8 Å². The van der Waals surface area contributed by atoms with E-state index in [0.29, 0.717) is 53.3 Å². The average Bonchev–Trinajstić information content (AvgIpc) is 3.23. The van der Waals surface area contributed by atoms with Crippen molar-refractivity contribution in [3.8, 4) is 17.5 Å². The number of fused-ring (bicyclic) bond motifs is 2. The molecular formula is C22H20FN7O. The molecule has 1 aliphatic heterocycles. The van der Waals surface area contributed by atoms with Gasteiger partial charge in [-0.25, -0.2) is 14.4 Å². The molecule has 31 heavy (non-hydrogen) atoms. The van der Waals surface area contributed by atoms with Gasteiger partial charge in [0.2, 0.25) is 5.43 Å². The molecule has 0 amide bonds. The van der Waals surface area contributed by atoms with Gasteiger partial charge >= 0.3 is 0 Å². The molecule has 1 aromatic carbocycles. The Labute approximate surface area is 177 Å². The second kappa shape index (κ2) is 7.49. The molecule has 2 N–H and O–H groups in total. The first kappa shape index (κ1) is 19.2. The topological polar surface area (TPSA) is 103 Å². The number of halogens is 1. The lowest BCUT2D eigenvalue weighted by Crippen LogP contribution is -2.44. The predicted molar refractivity (Wildman–Crippen MR) is 117 cm³/mol. The molecular weight excluding hydrogens is 397 g/mol. The van der Waals surface area contributed by atoms with Crippen LogP contribution in [0.3, 0.4) is 0 Å². The molecule has 4 heterocycles. The Balaban J connectivity index is 1.69. The zero-order valence-corrected chi connectivity index (χ0v) is 16.9. The van der Waals surface area contributed by atoms with Gasteiger partial charge in [0, 0.05) is 38.9 Å². The van der Waals surface area contributed by atoms with E-state index in [1.807, 2.05) is 16.4 Å². The van der Waals surface area contributed by atoms with E-state index in [0.717, 1.165) is 13.1 Å². The van der Waals surface area contributed by atoms with E-state index in [1.165, 1.54) is 6.07 Å². The third-order valence-corrected chi connectivity index (χ3v) is 5.61.